The minimum atomic E-state index is -0.250. The molecule has 0 bridgehead atoms. The zero-order valence-electron chi connectivity index (χ0n) is 15.4. The third-order valence-corrected chi connectivity index (χ3v) is 5.24. The molecule has 1 fully saturated rings. The van der Waals surface area contributed by atoms with Crippen LogP contribution in [0.15, 0.2) is 48.8 Å². The predicted molar refractivity (Wildman–Crippen MR) is 107 cm³/mol. The molecule has 2 N–H and O–H groups in total. The molecular weight excluding hydrogens is 354 g/mol. The number of hydrogen-bond acceptors (Lipinski definition) is 4. The van der Waals surface area contributed by atoms with E-state index in [1.54, 1.807) is 18.5 Å². The van der Waals surface area contributed by atoms with Crippen LogP contribution in [0.4, 0.5) is 0 Å². The van der Waals surface area contributed by atoms with Crippen LogP contribution in [0.1, 0.15) is 23.3 Å². The molecule has 0 spiro atoms. The van der Waals surface area contributed by atoms with Gasteiger partial charge < -0.3 is 15.0 Å². The lowest BCUT2D eigenvalue weighted by atomic mass is 10.2. The third-order valence-electron chi connectivity index (χ3n) is 5.24. The number of aromatic nitrogens is 4. The summed E-state index contributed by atoms with van der Waals surface area (Å²) < 4.78 is 4.14. The van der Waals surface area contributed by atoms with Gasteiger partial charge in [0.05, 0.1) is 23.2 Å². The van der Waals surface area contributed by atoms with E-state index in [0.29, 0.717) is 17.6 Å². The van der Waals surface area contributed by atoms with E-state index in [4.69, 9.17) is 5.11 Å². The van der Waals surface area contributed by atoms with Crippen LogP contribution in [0.25, 0.3) is 27.9 Å². The van der Waals surface area contributed by atoms with Gasteiger partial charge in [-0.15, -0.1) is 0 Å². The summed E-state index contributed by atoms with van der Waals surface area (Å²) in [6.45, 7) is 1.04. The van der Waals surface area contributed by atoms with Crippen molar-refractivity contribution in [1.82, 2.24) is 24.4 Å². The molecule has 0 radical (unpaired) electrons. The zero-order chi connectivity index (χ0) is 19.1. The molecule has 0 unspecified atom stereocenters. The van der Waals surface area contributed by atoms with Crippen LogP contribution in [-0.4, -0.2) is 43.3 Å². The summed E-state index contributed by atoms with van der Waals surface area (Å²) in [5.41, 5.74) is 3.58. The van der Waals surface area contributed by atoms with E-state index in [0.717, 1.165) is 28.5 Å². The van der Waals surface area contributed by atoms with Crippen molar-refractivity contribution >= 4 is 27.8 Å². The van der Waals surface area contributed by atoms with Crippen molar-refractivity contribution in [3.63, 3.8) is 0 Å². The maximum atomic E-state index is 12.8. The van der Waals surface area contributed by atoms with E-state index in [-0.39, 0.29) is 19.1 Å². The quantitative estimate of drug-likeness (QED) is 0.542. The number of nitrogens with one attached hydrogen (secondary N) is 1. The highest BCUT2D eigenvalue weighted by Crippen LogP contribution is 2.37. The SMILES string of the molecule is O=C(NCCO)c1cc2c(c3ccccc3n2CC2CC2)n1-c1ncccn1. The molecule has 7 nitrogen and oxygen atoms in total. The van der Waals surface area contributed by atoms with E-state index >= 15 is 0 Å². The second-order valence-corrected chi connectivity index (χ2v) is 7.20. The van der Waals surface area contributed by atoms with Crippen LogP contribution in [0, 0.1) is 5.92 Å². The van der Waals surface area contributed by atoms with Gasteiger partial charge in [-0.25, -0.2) is 9.97 Å². The first kappa shape index (κ1) is 16.9. The average molecular weight is 375 g/mol. The molecule has 142 valence electrons. The van der Waals surface area contributed by atoms with Crippen molar-refractivity contribution in [2.75, 3.05) is 13.2 Å². The number of hydrogen-bond donors (Lipinski definition) is 2. The molecule has 1 aliphatic rings. The molecule has 0 aliphatic heterocycles. The Morgan fingerprint density at radius 3 is 2.68 bits per heavy atom. The van der Waals surface area contributed by atoms with Crippen LogP contribution >= 0.6 is 0 Å². The van der Waals surface area contributed by atoms with E-state index in [2.05, 4.69) is 32.0 Å². The van der Waals surface area contributed by atoms with Gasteiger partial charge in [-0.1, -0.05) is 18.2 Å². The number of amides is 1. The van der Waals surface area contributed by atoms with E-state index in [1.165, 1.54) is 12.8 Å². The van der Waals surface area contributed by atoms with Crippen LogP contribution in [0.2, 0.25) is 0 Å². The van der Waals surface area contributed by atoms with Crippen molar-refractivity contribution in [2.45, 2.75) is 19.4 Å². The monoisotopic (exact) mass is 375 g/mol. The molecule has 1 aliphatic carbocycles. The molecule has 7 heteroatoms. The number of carbonyl (C=O) groups excluding carboxylic acids is 1. The minimum absolute atomic E-state index is 0.107. The summed E-state index contributed by atoms with van der Waals surface area (Å²) in [4.78, 5) is 21.6. The first-order valence-corrected chi connectivity index (χ1v) is 9.57. The van der Waals surface area contributed by atoms with E-state index < -0.39 is 0 Å². The number of nitrogens with zero attached hydrogens (tertiary/aromatic N) is 4. The fourth-order valence-electron chi connectivity index (χ4n) is 3.80. The molecule has 1 saturated carbocycles. The molecule has 4 aromatic rings. The first-order chi connectivity index (χ1) is 13.8. The number of benzene rings is 1. The van der Waals surface area contributed by atoms with Crippen molar-refractivity contribution < 1.29 is 9.90 Å². The third kappa shape index (κ3) is 2.75. The van der Waals surface area contributed by atoms with Crippen LogP contribution in [0.5, 0.6) is 0 Å². The number of aliphatic hydroxyl groups is 1. The van der Waals surface area contributed by atoms with Crippen molar-refractivity contribution in [3.8, 4) is 5.95 Å². The van der Waals surface area contributed by atoms with Gasteiger partial charge in [-0.3, -0.25) is 9.36 Å². The highest BCUT2D eigenvalue weighted by atomic mass is 16.3. The lowest BCUT2D eigenvalue weighted by Crippen LogP contribution is -2.28. The zero-order valence-corrected chi connectivity index (χ0v) is 15.4. The highest BCUT2D eigenvalue weighted by molar-refractivity contribution is 6.10. The first-order valence-electron chi connectivity index (χ1n) is 9.57. The molecule has 1 aromatic carbocycles. The standard InChI is InChI=1S/C21H21N5O2/c27-11-10-22-20(28)18-12-17-19(26(18)21-23-8-3-9-24-21)15-4-1-2-5-16(15)25(17)13-14-6-7-14/h1-5,8-9,12,14,27H,6-7,10-11,13H2,(H,22,28). The second kappa shape index (κ2) is 6.76. The lowest BCUT2D eigenvalue weighted by molar-refractivity contribution is 0.0938. The van der Waals surface area contributed by atoms with Gasteiger partial charge in [0, 0.05) is 30.9 Å². The van der Waals surface area contributed by atoms with Gasteiger partial charge in [0.15, 0.2) is 0 Å². The number of fused-ring (bicyclic) bond motifs is 3. The Hall–Kier alpha value is -3.19. The normalized spacial score (nSPS) is 14.0. The Morgan fingerprint density at radius 2 is 1.93 bits per heavy atom. The van der Waals surface area contributed by atoms with Gasteiger partial charge in [0.25, 0.3) is 5.91 Å². The fraction of sp³-hybridized carbons (Fsp3) is 0.286. The molecule has 0 saturated heterocycles. The molecule has 1 amide bonds. The lowest BCUT2D eigenvalue weighted by Gasteiger charge is -2.09. The maximum absolute atomic E-state index is 12.8. The summed E-state index contributed by atoms with van der Waals surface area (Å²) >= 11 is 0. The van der Waals surface area contributed by atoms with Gasteiger partial charge in [0.1, 0.15) is 5.69 Å². The molecule has 5 rings (SSSR count). The average Bonchev–Trinajstić information content (AvgIpc) is 3.40. The fourth-order valence-corrected chi connectivity index (χ4v) is 3.80. The van der Waals surface area contributed by atoms with E-state index in [1.807, 2.05) is 22.8 Å². The number of carbonyl (C=O) groups is 1. The number of rotatable bonds is 6. The predicted octanol–water partition coefficient (Wildman–Crippen LogP) is 2.51. The summed E-state index contributed by atoms with van der Waals surface area (Å²) in [7, 11) is 0. The summed E-state index contributed by atoms with van der Waals surface area (Å²) in [5, 5.41) is 12.9. The Bertz CT molecular complexity index is 1160. The topological polar surface area (TPSA) is 85.0 Å². The van der Waals surface area contributed by atoms with Crippen molar-refractivity contribution in [1.29, 1.82) is 0 Å². The minimum Gasteiger partial charge on any atom is -0.395 e. The molecule has 3 aromatic heterocycles. The molecule has 0 atom stereocenters. The van der Waals surface area contributed by atoms with Crippen LogP contribution in [0.3, 0.4) is 0 Å². The van der Waals surface area contributed by atoms with Gasteiger partial charge in [0.2, 0.25) is 5.95 Å². The molecule has 3 heterocycles. The summed E-state index contributed by atoms with van der Waals surface area (Å²) in [6, 6.07) is 11.9. The second-order valence-electron chi connectivity index (χ2n) is 7.20. The van der Waals surface area contributed by atoms with Gasteiger partial charge in [-0.2, -0.15) is 0 Å². The Morgan fingerprint density at radius 1 is 1.14 bits per heavy atom. The summed E-state index contributed by atoms with van der Waals surface area (Å²) in [6.07, 6.45) is 5.85. The van der Waals surface area contributed by atoms with Crippen molar-refractivity contribution in [2.24, 2.45) is 5.92 Å². The van der Waals surface area contributed by atoms with Crippen molar-refractivity contribution in [3.05, 3.63) is 54.5 Å². The smallest absolute Gasteiger partial charge is 0.268 e. The number of aliphatic hydroxyl groups excluding tert-OH is 1. The van der Waals surface area contributed by atoms with Crippen LogP contribution < -0.4 is 5.32 Å². The Labute approximate surface area is 161 Å². The molecular formula is C21H21N5O2. The Kier molecular flexibility index (Phi) is 4.09. The number of para-hydroxylation sites is 1. The maximum Gasteiger partial charge on any atom is 0.268 e. The Balaban J connectivity index is 1.80. The van der Waals surface area contributed by atoms with Gasteiger partial charge >= 0.3 is 0 Å². The van der Waals surface area contributed by atoms with E-state index in [9.17, 15) is 4.79 Å². The van der Waals surface area contributed by atoms with Crippen LogP contribution in [-0.2, 0) is 6.54 Å². The highest BCUT2D eigenvalue weighted by Gasteiger charge is 2.27. The largest absolute Gasteiger partial charge is 0.395 e. The summed E-state index contributed by atoms with van der Waals surface area (Å²) in [5.74, 6) is 0.905. The molecule has 28 heavy (non-hydrogen) atoms. The van der Waals surface area contributed by atoms with Gasteiger partial charge in [-0.05, 0) is 37.0 Å².